The van der Waals surface area contributed by atoms with Crippen LogP contribution in [0.1, 0.15) is 36.0 Å². The van der Waals surface area contributed by atoms with Gasteiger partial charge in [0.1, 0.15) is 0 Å². The molecular weight excluding hydrogens is 330 g/mol. The molecule has 1 saturated heterocycles. The summed E-state index contributed by atoms with van der Waals surface area (Å²) in [6.45, 7) is 3.54. The number of nitrogen functional groups attached to an aromatic ring is 2. The highest BCUT2D eigenvalue weighted by molar-refractivity contribution is 5.94. The second-order valence-electron chi connectivity index (χ2n) is 7.05. The standard InChI is InChI=1S/C18H25N7O/c19-17-21-18(20)25(22-17)15-7-5-13(6-8-15)16(26)24-11-9-23(10-12-24)14-3-1-2-4-14/h5-8,14H,1-4,9-12H2,(H4,19,20,21,22). The second-order valence-corrected chi connectivity index (χ2v) is 7.05. The first-order chi connectivity index (χ1) is 12.6. The second kappa shape index (κ2) is 6.95. The highest BCUT2D eigenvalue weighted by atomic mass is 16.2. The molecule has 4 rings (SSSR count). The van der Waals surface area contributed by atoms with E-state index >= 15 is 0 Å². The fourth-order valence-corrected chi connectivity index (χ4v) is 4.02. The smallest absolute Gasteiger partial charge is 0.253 e. The number of aromatic nitrogens is 3. The first-order valence-electron chi connectivity index (χ1n) is 9.23. The van der Waals surface area contributed by atoms with Gasteiger partial charge >= 0.3 is 0 Å². The van der Waals surface area contributed by atoms with Crippen molar-refractivity contribution < 1.29 is 4.79 Å². The number of hydrogen-bond acceptors (Lipinski definition) is 6. The van der Waals surface area contributed by atoms with E-state index in [1.165, 1.54) is 30.4 Å². The van der Waals surface area contributed by atoms with E-state index < -0.39 is 0 Å². The van der Waals surface area contributed by atoms with Crippen molar-refractivity contribution >= 4 is 17.8 Å². The minimum Gasteiger partial charge on any atom is -0.368 e. The summed E-state index contributed by atoms with van der Waals surface area (Å²) < 4.78 is 1.46. The number of anilines is 2. The maximum atomic E-state index is 12.8. The number of rotatable bonds is 3. The van der Waals surface area contributed by atoms with Crippen LogP contribution in [0.3, 0.4) is 0 Å². The molecule has 0 spiro atoms. The zero-order chi connectivity index (χ0) is 18.1. The number of nitrogens with zero attached hydrogens (tertiary/aromatic N) is 5. The van der Waals surface area contributed by atoms with Crippen LogP contribution >= 0.6 is 0 Å². The van der Waals surface area contributed by atoms with E-state index in [0.29, 0.717) is 5.56 Å². The largest absolute Gasteiger partial charge is 0.368 e. The summed E-state index contributed by atoms with van der Waals surface area (Å²) >= 11 is 0. The molecule has 8 heteroatoms. The van der Waals surface area contributed by atoms with Crippen LogP contribution in [0, 0.1) is 0 Å². The zero-order valence-electron chi connectivity index (χ0n) is 14.8. The number of nitrogens with two attached hydrogens (primary N) is 2. The van der Waals surface area contributed by atoms with Gasteiger partial charge in [0.05, 0.1) is 5.69 Å². The van der Waals surface area contributed by atoms with Gasteiger partial charge in [-0.25, -0.2) is 0 Å². The quantitative estimate of drug-likeness (QED) is 0.855. The number of piperazine rings is 1. The minimum absolute atomic E-state index is 0.0775. The molecule has 138 valence electrons. The van der Waals surface area contributed by atoms with E-state index in [1.54, 1.807) is 12.1 Å². The van der Waals surface area contributed by atoms with Gasteiger partial charge in [-0.05, 0) is 37.1 Å². The van der Waals surface area contributed by atoms with Crippen molar-refractivity contribution in [2.75, 3.05) is 37.6 Å². The topological polar surface area (TPSA) is 106 Å². The van der Waals surface area contributed by atoms with Crippen molar-refractivity contribution in [1.82, 2.24) is 24.6 Å². The predicted octanol–water partition coefficient (Wildman–Crippen LogP) is 1.13. The molecule has 26 heavy (non-hydrogen) atoms. The molecule has 1 amide bonds. The number of amides is 1. The lowest BCUT2D eigenvalue weighted by Gasteiger charge is -2.38. The van der Waals surface area contributed by atoms with Gasteiger partial charge < -0.3 is 16.4 Å². The summed E-state index contributed by atoms with van der Waals surface area (Å²) in [4.78, 5) is 21.2. The Hall–Kier alpha value is -2.61. The Balaban J connectivity index is 1.40. The maximum Gasteiger partial charge on any atom is 0.253 e. The molecule has 0 radical (unpaired) electrons. The van der Waals surface area contributed by atoms with E-state index in [1.807, 2.05) is 17.0 Å². The van der Waals surface area contributed by atoms with Gasteiger partial charge in [-0.1, -0.05) is 12.8 Å². The normalized spacial score (nSPS) is 19.2. The number of benzene rings is 1. The molecule has 1 aliphatic carbocycles. The minimum atomic E-state index is 0.0775. The van der Waals surface area contributed by atoms with Crippen LogP contribution in [0.4, 0.5) is 11.9 Å². The molecule has 8 nitrogen and oxygen atoms in total. The highest BCUT2D eigenvalue weighted by Gasteiger charge is 2.28. The summed E-state index contributed by atoms with van der Waals surface area (Å²) in [6, 6.07) is 7.96. The predicted molar refractivity (Wildman–Crippen MR) is 99.9 cm³/mol. The summed E-state index contributed by atoms with van der Waals surface area (Å²) in [5.41, 5.74) is 12.7. The van der Waals surface area contributed by atoms with E-state index in [0.717, 1.165) is 37.9 Å². The third-order valence-corrected chi connectivity index (χ3v) is 5.45. The molecule has 1 aromatic heterocycles. The van der Waals surface area contributed by atoms with Crippen LogP contribution in [-0.4, -0.2) is 62.7 Å². The van der Waals surface area contributed by atoms with Crippen LogP contribution in [0.2, 0.25) is 0 Å². The van der Waals surface area contributed by atoms with Crippen LogP contribution in [-0.2, 0) is 0 Å². The Morgan fingerprint density at radius 2 is 1.65 bits per heavy atom. The van der Waals surface area contributed by atoms with Crippen molar-refractivity contribution in [3.63, 3.8) is 0 Å². The van der Waals surface area contributed by atoms with Gasteiger partial charge in [-0.3, -0.25) is 9.69 Å². The molecule has 0 bridgehead atoms. The molecule has 2 heterocycles. The zero-order valence-corrected chi connectivity index (χ0v) is 14.8. The molecule has 1 aromatic carbocycles. The molecule has 0 atom stereocenters. The van der Waals surface area contributed by atoms with Gasteiger partial charge in [0.2, 0.25) is 11.9 Å². The lowest BCUT2D eigenvalue weighted by Crippen LogP contribution is -2.51. The monoisotopic (exact) mass is 355 g/mol. The van der Waals surface area contributed by atoms with Crippen molar-refractivity contribution in [3.8, 4) is 5.69 Å². The van der Waals surface area contributed by atoms with E-state index in [2.05, 4.69) is 15.0 Å². The van der Waals surface area contributed by atoms with Crippen LogP contribution in [0.5, 0.6) is 0 Å². The Labute approximate surface area is 152 Å². The first-order valence-corrected chi connectivity index (χ1v) is 9.23. The first kappa shape index (κ1) is 16.8. The average Bonchev–Trinajstić information content (AvgIpc) is 3.31. The Morgan fingerprint density at radius 3 is 2.23 bits per heavy atom. The summed E-state index contributed by atoms with van der Waals surface area (Å²) in [6.07, 6.45) is 5.31. The fourth-order valence-electron chi connectivity index (χ4n) is 4.02. The lowest BCUT2D eigenvalue weighted by atomic mass is 10.1. The van der Waals surface area contributed by atoms with Crippen molar-refractivity contribution in [2.45, 2.75) is 31.7 Å². The molecular formula is C18H25N7O. The molecule has 4 N–H and O–H groups in total. The van der Waals surface area contributed by atoms with Crippen molar-refractivity contribution in [1.29, 1.82) is 0 Å². The number of carbonyl (C=O) groups is 1. The van der Waals surface area contributed by atoms with Crippen molar-refractivity contribution in [3.05, 3.63) is 29.8 Å². The Kier molecular flexibility index (Phi) is 4.50. The summed E-state index contributed by atoms with van der Waals surface area (Å²) in [5.74, 6) is 0.432. The van der Waals surface area contributed by atoms with Crippen LogP contribution in [0.15, 0.2) is 24.3 Å². The molecule has 2 fully saturated rings. The molecule has 0 unspecified atom stereocenters. The van der Waals surface area contributed by atoms with E-state index in [4.69, 9.17) is 11.5 Å². The van der Waals surface area contributed by atoms with Gasteiger partial charge in [0, 0.05) is 37.8 Å². The van der Waals surface area contributed by atoms with Gasteiger partial charge in [-0.15, -0.1) is 5.10 Å². The third kappa shape index (κ3) is 3.24. The fraction of sp³-hybridized carbons (Fsp3) is 0.500. The number of hydrogen-bond donors (Lipinski definition) is 2. The van der Waals surface area contributed by atoms with Gasteiger partial charge in [0.25, 0.3) is 5.91 Å². The molecule has 1 aliphatic heterocycles. The van der Waals surface area contributed by atoms with Crippen LogP contribution < -0.4 is 11.5 Å². The summed E-state index contributed by atoms with van der Waals surface area (Å²) in [7, 11) is 0. The van der Waals surface area contributed by atoms with E-state index in [9.17, 15) is 4.79 Å². The molecule has 1 saturated carbocycles. The lowest BCUT2D eigenvalue weighted by molar-refractivity contribution is 0.0573. The third-order valence-electron chi connectivity index (χ3n) is 5.45. The molecule has 2 aromatic rings. The SMILES string of the molecule is Nc1nc(N)n(-c2ccc(C(=O)N3CCN(C4CCCC4)CC3)cc2)n1. The van der Waals surface area contributed by atoms with E-state index in [-0.39, 0.29) is 17.8 Å². The van der Waals surface area contributed by atoms with Gasteiger partial charge in [-0.2, -0.15) is 9.67 Å². The Morgan fingerprint density at radius 1 is 1.00 bits per heavy atom. The summed E-state index contributed by atoms with van der Waals surface area (Å²) in [5, 5.41) is 4.05. The highest BCUT2D eigenvalue weighted by Crippen LogP contribution is 2.24. The maximum absolute atomic E-state index is 12.8. The Bertz CT molecular complexity index is 771. The van der Waals surface area contributed by atoms with Gasteiger partial charge in [0.15, 0.2) is 0 Å². The average molecular weight is 355 g/mol. The van der Waals surface area contributed by atoms with Crippen molar-refractivity contribution in [2.24, 2.45) is 0 Å². The van der Waals surface area contributed by atoms with Crippen LogP contribution in [0.25, 0.3) is 5.69 Å². The molecule has 2 aliphatic rings. The number of carbonyl (C=O) groups excluding carboxylic acids is 1.